The fraction of sp³-hybridized carbons (Fsp3) is 0.417. The van der Waals surface area contributed by atoms with Gasteiger partial charge >= 0.3 is 0 Å². The van der Waals surface area contributed by atoms with Crippen LogP contribution >= 0.6 is 0 Å². The molecule has 0 saturated carbocycles. The van der Waals surface area contributed by atoms with E-state index in [0.29, 0.717) is 17.9 Å². The highest BCUT2D eigenvalue weighted by atomic mass is 32.2. The van der Waals surface area contributed by atoms with Gasteiger partial charge in [-0.1, -0.05) is 38.1 Å². The van der Waals surface area contributed by atoms with Crippen molar-refractivity contribution in [1.82, 2.24) is 10.3 Å². The summed E-state index contributed by atoms with van der Waals surface area (Å²) in [7, 11) is -3.39. The number of nitrogens with one attached hydrogen (secondary N) is 2. The van der Waals surface area contributed by atoms with E-state index in [9.17, 15) is 22.8 Å². The van der Waals surface area contributed by atoms with Crippen molar-refractivity contribution in [3.63, 3.8) is 0 Å². The second-order valence-corrected chi connectivity index (χ2v) is 10.8. The molecule has 9 nitrogen and oxygen atoms in total. The number of aromatic nitrogens is 1. The summed E-state index contributed by atoms with van der Waals surface area (Å²) in [4.78, 5) is 45.1. The number of sulfone groups is 1. The van der Waals surface area contributed by atoms with Crippen LogP contribution < -0.4 is 15.5 Å². The monoisotopic (exact) mass is 486 g/mol. The number of pyridine rings is 1. The summed E-state index contributed by atoms with van der Waals surface area (Å²) in [5.41, 5.74) is 1.31. The Morgan fingerprint density at radius 2 is 1.85 bits per heavy atom. The molecule has 3 rings (SSSR count). The Morgan fingerprint density at radius 1 is 1.15 bits per heavy atom. The third-order valence-electron chi connectivity index (χ3n) is 5.85. The molecule has 34 heavy (non-hydrogen) atoms. The lowest BCUT2D eigenvalue weighted by Gasteiger charge is -2.29. The Morgan fingerprint density at radius 3 is 2.50 bits per heavy atom. The molecule has 0 bridgehead atoms. The molecule has 0 aliphatic carbocycles. The minimum atomic E-state index is -3.39. The topological polar surface area (TPSA) is 126 Å². The van der Waals surface area contributed by atoms with E-state index in [4.69, 9.17) is 0 Å². The van der Waals surface area contributed by atoms with Gasteiger partial charge in [0.05, 0.1) is 5.75 Å². The van der Waals surface area contributed by atoms with Crippen LogP contribution in [0.3, 0.4) is 0 Å². The van der Waals surface area contributed by atoms with Gasteiger partial charge in [-0.25, -0.2) is 13.4 Å². The molecule has 1 aliphatic rings. The summed E-state index contributed by atoms with van der Waals surface area (Å²) >= 11 is 0. The minimum Gasteiger partial charge on any atom is -0.344 e. The first kappa shape index (κ1) is 25.4. The predicted octanol–water partition coefficient (Wildman–Crippen LogP) is 1.94. The number of hydrogen-bond donors (Lipinski definition) is 2. The third-order valence-corrected chi connectivity index (χ3v) is 6.83. The lowest BCUT2D eigenvalue weighted by Crippen LogP contribution is -2.55. The SMILES string of the molecule is CC[C@@H](C)C(=O)N[C@@H](CCS(C)(=O)=O)C(=O)N1c2ncccc2C[C@H]1C(=O)Nc1ccccc1. The maximum absolute atomic E-state index is 13.7. The van der Waals surface area contributed by atoms with Gasteiger partial charge in [-0.3, -0.25) is 19.3 Å². The van der Waals surface area contributed by atoms with Crippen LogP contribution in [0, 0.1) is 5.92 Å². The number of fused-ring (bicyclic) bond motifs is 1. The van der Waals surface area contributed by atoms with Gasteiger partial charge in [0.15, 0.2) is 0 Å². The molecule has 182 valence electrons. The fourth-order valence-electron chi connectivity index (χ4n) is 3.73. The van der Waals surface area contributed by atoms with Gasteiger partial charge in [0.25, 0.3) is 5.91 Å². The molecule has 0 saturated heterocycles. The standard InChI is InChI=1S/C24H30N4O5S/c1-4-16(2)22(29)27-19(12-14-34(3,32)33)24(31)28-20(15-17-9-8-13-25-21(17)28)23(30)26-18-10-6-5-7-11-18/h5-11,13,16,19-20H,4,12,14-15H2,1-3H3,(H,26,30)(H,27,29)/t16-,19+,20+/m1/s1. The number of hydrogen-bond acceptors (Lipinski definition) is 6. The zero-order valence-corrected chi connectivity index (χ0v) is 20.3. The van der Waals surface area contributed by atoms with E-state index in [1.165, 1.54) is 11.1 Å². The Labute approximate surface area is 199 Å². The highest BCUT2D eigenvalue weighted by Crippen LogP contribution is 2.31. The molecule has 1 aliphatic heterocycles. The fourth-order valence-corrected chi connectivity index (χ4v) is 4.39. The van der Waals surface area contributed by atoms with Crippen molar-refractivity contribution in [3.8, 4) is 0 Å². The van der Waals surface area contributed by atoms with Gasteiger partial charge in [-0.05, 0) is 36.6 Å². The van der Waals surface area contributed by atoms with Gasteiger partial charge in [-0.15, -0.1) is 0 Å². The summed E-state index contributed by atoms with van der Waals surface area (Å²) < 4.78 is 23.6. The van der Waals surface area contributed by atoms with Crippen LogP contribution in [-0.4, -0.2) is 55.2 Å². The van der Waals surface area contributed by atoms with E-state index in [0.717, 1.165) is 11.8 Å². The normalized spacial score (nSPS) is 16.9. The van der Waals surface area contributed by atoms with Crippen LogP contribution in [0.2, 0.25) is 0 Å². The Bertz CT molecular complexity index is 1150. The highest BCUT2D eigenvalue weighted by Gasteiger charge is 2.42. The van der Waals surface area contributed by atoms with Crippen molar-refractivity contribution < 1.29 is 22.8 Å². The smallest absolute Gasteiger partial charge is 0.251 e. The van der Waals surface area contributed by atoms with Gasteiger partial charge < -0.3 is 10.6 Å². The molecule has 3 amide bonds. The third kappa shape index (κ3) is 6.19. The minimum absolute atomic E-state index is 0.106. The molecule has 3 atom stereocenters. The number of para-hydroxylation sites is 1. The lowest BCUT2D eigenvalue weighted by atomic mass is 10.1. The molecule has 1 aromatic carbocycles. The molecule has 10 heteroatoms. The maximum Gasteiger partial charge on any atom is 0.251 e. The largest absolute Gasteiger partial charge is 0.344 e. The maximum atomic E-state index is 13.7. The number of benzene rings is 1. The van der Waals surface area contributed by atoms with E-state index in [2.05, 4.69) is 15.6 Å². The number of nitrogens with zero attached hydrogens (tertiary/aromatic N) is 2. The van der Waals surface area contributed by atoms with Crippen molar-refractivity contribution in [2.45, 2.75) is 45.2 Å². The van der Waals surface area contributed by atoms with Crippen LogP contribution in [0.1, 0.15) is 32.3 Å². The Kier molecular flexibility index (Phi) is 8.03. The van der Waals surface area contributed by atoms with Crippen LogP contribution in [-0.2, 0) is 30.6 Å². The van der Waals surface area contributed by atoms with Crippen LogP contribution in [0.5, 0.6) is 0 Å². The predicted molar refractivity (Wildman–Crippen MR) is 130 cm³/mol. The van der Waals surface area contributed by atoms with Gasteiger partial charge in [0.2, 0.25) is 11.8 Å². The van der Waals surface area contributed by atoms with Crippen molar-refractivity contribution in [2.24, 2.45) is 5.92 Å². The van der Waals surface area contributed by atoms with Crippen LogP contribution in [0.4, 0.5) is 11.5 Å². The first-order valence-electron chi connectivity index (χ1n) is 11.2. The summed E-state index contributed by atoms with van der Waals surface area (Å²) in [5.74, 6) is -1.61. The molecule has 2 aromatic rings. The molecule has 2 heterocycles. The molecule has 0 radical (unpaired) electrons. The lowest BCUT2D eigenvalue weighted by molar-refractivity contribution is -0.130. The summed E-state index contributed by atoms with van der Waals surface area (Å²) in [6.07, 6.45) is 3.32. The Balaban J connectivity index is 1.92. The van der Waals surface area contributed by atoms with Gasteiger partial charge in [-0.2, -0.15) is 0 Å². The van der Waals surface area contributed by atoms with E-state index < -0.39 is 33.7 Å². The first-order chi connectivity index (χ1) is 16.1. The zero-order valence-electron chi connectivity index (χ0n) is 19.5. The molecule has 1 aromatic heterocycles. The molecule has 2 N–H and O–H groups in total. The number of rotatable bonds is 9. The van der Waals surface area contributed by atoms with E-state index >= 15 is 0 Å². The molecule has 0 fully saturated rings. The molecular weight excluding hydrogens is 456 g/mol. The summed E-state index contributed by atoms with van der Waals surface area (Å²) in [5, 5.41) is 5.53. The molecule has 0 unspecified atom stereocenters. The number of amides is 3. The van der Waals surface area contributed by atoms with Crippen molar-refractivity contribution >= 4 is 39.1 Å². The second-order valence-electron chi connectivity index (χ2n) is 8.56. The first-order valence-corrected chi connectivity index (χ1v) is 13.3. The van der Waals surface area contributed by atoms with E-state index in [-0.39, 0.29) is 30.4 Å². The van der Waals surface area contributed by atoms with E-state index in [1.54, 1.807) is 43.3 Å². The highest BCUT2D eigenvalue weighted by molar-refractivity contribution is 7.90. The van der Waals surface area contributed by atoms with Crippen LogP contribution in [0.15, 0.2) is 48.7 Å². The second kappa shape index (κ2) is 10.8. The quantitative estimate of drug-likeness (QED) is 0.558. The molecular formula is C24H30N4O5S. The number of anilines is 2. The van der Waals surface area contributed by atoms with Crippen LogP contribution in [0.25, 0.3) is 0 Å². The summed E-state index contributed by atoms with van der Waals surface area (Å²) in [6.45, 7) is 3.58. The number of carbonyl (C=O) groups is 3. The average molecular weight is 487 g/mol. The molecule has 0 spiro atoms. The van der Waals surface area contributed by atoms with Crippen molar-refractivity contribution in [1.29, 1.82) is 0 Å². The van der Waals surface area contributed by atoms with E-state index in [1.807, 2.05) is 13.0 Å². The van der Waals surface area contributed by atoms with Crippen molar-refractivity contribution in [2.75, 3.05) is 22.2 Å². The van der Waals surface area contributed by atoms with Gasteiger partial charge in [0.1, 0.15) is 27.7 Å². The zero-order chi connectivity index (χ0) is 24.9. The van der Waals surface area contributed by atoms with Crippen molar-refractivity contribution in [3.05, 3.63) is 54.2 Å². The van der Waals surface area contributed by atoms with Gasteiger partial charge in [0, 0.05) is 30.5 Å². The number of carbonyl (C=O) groups excluding carboxylic acids is 3. The summed E-state index contributed by atoms with van der Waals surface area (Å²) in [6, 6.07) is 10.4. The Hall–Kier alpha value is -3.27. The average Bonchev–Trinajstić information content (AvgIpc) is 3.20.